The molecule has 0 saturated heterocycles. The van der Waals surface area contributed by atoms with Gasteiger partial charge in [0.25, 0.3) is 0 Å². The maximum absolute atomic E-state index is 5.96. The lowest BCUT2D eigenvalue weighted by Gasteiger charge is -2.10. The molecule has 1 aromatic carbocycles. The van der Waals surface area contributed by atoms with Gasteiger partial charge in [-0.25, -0.2) is 0 Å². The Bertz CT molecular complexity index is 540. The number of nitrogens with one attached hydrogen (secondary N) is 1. The van der Waals surface area contributed by atoms with Crippen LogP contribution in [0.2, 0.25) is 0 Å². The van der Waals surface area contributed by atoms with Gasteiger partial charge < -0.3 is 10.1 Å². The topological polar surface area (TPSA) is 34.2 Å². The molecule has 106 valence electrons. The van der Waals surface area contributed by atoms with Crippen molar-refractivity contribution in [1.29, 1.82) is 0 Å². The number of aromatic nitrogens is 1. The van der Waals surface area contributed by atoms with Gasteiger partial charge in [0.2, 0.25) is 0 Å². The predicted octanol–water partition coefficient (Wildman–Crippen LogP) is 3.94. The van der Waals surface area contributed by atoms with Gasteiger partial charge in [-0.2, -0.15) is 0 Å². The van der Waals surface area contributed by atoms with Crippen molar-refractivity contribution in [3.8, 4) is 11.5 Å². The summed E-state index contributed by atoms with van der Waals surface area (Å²) in [4.78, 5) is 4.25. The third kappa shape index (κ3) is 4.07. The maximum atomic E-state index is 5.96. The van der Waals surface area contributed by atoms with E-state index in [4.69, 9.17) is 4.74 Å². The lowest BCUT2D eigenvalue weighted by atomic mass is 10.1. The van der Waals surface area contributed by atoms with Gasteiger partial charge in [0.1, 0.15) is 11.5 Å². The second-order valence-corrected chi connectivity index (χ2v) is 4.77. The van der Waals surface area contributed by atoms with E-state index >= 15 is 0 Å². The fraction of sp³-hybridized carbons (Fsp3) is 0.353. The summed E-state index contributed by atoms with van der Waals surface area (Å²) >= 11 is 0. The smallest absolute Gasteiger partial charge is 0.146 e. The van der Waals surface area contributed by atoms with Crippen LogP contribution in [-0.4, -0.2) is 11.5 Å². The van der Waals surface area contributed by atoms with E-state index in [0.29, 0.717) is 0 Å². The molecule has 0 atom stereocenters. The molecule has 0 aliphatic heterocycles. The van der Waals surface area contributed by atoms with Crippen molar-refractivity contribution >= 4 is 0 Å². The fourth-order valence-electron chi connectivity index (χ4n) is 2.05. The second kappa shape index (κ2) is 7.65. The van der Waals surface area contributed by atoms with Crippen LogP contribution in [0, 0.1) is 0 Å². The average Bonchev–Trinajstić information content (AvgIpc) is 2.48. The average molecular weight is 270 g/mol. The Morgan fingerprint density at radius 2 is 2.00 bits per heavy atom. The number of pyridine rings is 1. The Balaban J connectivity index is 2.07. The predicted molar refractivity (Wildman–Crippen MR) is 82.1 cm³/mol. The molecule has 0 fully saturated rings. The van der Waals surface area contributed by atoms with Crippen LogP contribution in [0.25, 0.3) is 0 Å². The van der Waals surface area contributed by atoms with E-state index in [1.54, 1.807) is 6.20 Å². The van der Waals surface area contributed by atoms with Gasteiger partial charge in [-0.05, 0) is 42.6 Å². The van der Waals surface area contributed by atoms with Crippen molar-refractivity contribution < 1.29 is 4.74 Å². The van der Waals surface area contributed by atoms with E-state index in [2.05, 4.69) is 30.2 Å². The van der Waals surface area contributed by atoms with Gasteiger partial charge in [0, 0.05) is 12.7 Å². The van der Waals surface area contributed by atoms with Crippen LogP contribution >= 0.6 is 0 Å². The Hall–Kier alpha value is -1.87. The van der Waals surface area contributed by atoms with Gasteiger partial charge in [-0.15, -0.1) is 0 Å². The minimum absolute atomic E-state index is 0.793. The zero-order chi connectivity index (χ0) is 14.2. The van der Waals surface area contributed by atoms with Gasteiger partial charge in [0.05, 0.1) is 6.20 Å². The fourth-order valence-corrected chi connectivity index (χ4v) is 2.05. The first-order valence-electron chi connectivity index (χ1n) is 7.24. The first-order chi connectivity index (χ1) is 9.83. The molecule has 0 radical (unpaired) electrons. The Morgan fingerprint density at radius 3 is 2.80 bits per heavy atom. The molecule has 1 heterocycles. The van der Waals surface area contributed by atoms with Crippen molar-refractivity contribution in [2.24, 2.45) is 0 Å². The van der Waals surface area contributed by atoms with Crippen molar-refractivity contribution in [2.45, 2.75) is 33.2 Å². The summed E-state index contributed by atoms with van der Waals surface area (Å²) in [5, 5.41) is 3.37. The molecule has 0 saturated carbocycles. The quantitative estimate of drug-likeness (QED) is 0.774. The number of para-hydroxylation sites is 1. The van der Waals surface area contributed by atoms with Crippen LogP contribution < -0.4 is 10.1 Å². The Morgan fingerprint density at radius 1 is 1.15 bits per heavy atom. The largest absolute Gasteiger partial charge is 0.455 e. The van der Waals surface area contributed by atoms with Crippen LogP contribution in [0.5, 0.6) is 11.5 Å². The molecule has 1 N–H and O–H groups in total. The normalized spacial score (nSPS) is 10.5. The molecular weight excluding hydrogens is 248 g/mol. The first kappa shape index (κ1) is 14.5. The summed E-state index contributed by atoms with van der Waals surface area (Å²) in [6.45, 7) is 6.13. The van der Waals surface area contributed by atoms with Crippen LogP contribution in [0.3, 0.4) is 0 Å². The van der Waals surface area contributed by atoms with Crippen molar-refractivity contribution in [3.63, 3.8) is 0 Å². The molecule has 20 heavy (non-hydrogen) atoms. The molecule has 3 heteroatoms. The lowest BCUT2D eigenvalue weighted by molar-refractivity contribution is 0.473. The molecule has 0 amide bonds. The summed E-state index contributed by atoms with van der Waals surface area (Å²) in [6.07, 6.45) is 5.73. The highest BCUT2D eigenvalue weighted by atomic mass is 16.5. The zero-order valence-corrected chi connectivity index (χ0v) is 12.2. The molecule has 0 aliphatic carbocycles. The molecule has 0 aliphatic rings. The van der Waals surface area contributed by atoms with Crippen molar-refractivity contribution in [2.75, 3.05) is 6.54 Å². The Labute approximate surface area is 121 Å². The van der Waals surface area contributed by atoms with E-state index in [1.165, 1.54) is 5.56 Å². The number of benzene rings is 1. The maximum Gasteiger partial charge on any atom is 0.146 e. The van der Waals surface area contributed by atoms with Crippen LogP contribution in [0.1, 0.15) is 31.4 Å². The SMILES string of the molecule is CCCNCc1cncc(Oc2ccccc2CC)c1. The molecular formula is C17H22N2O. The molecule has 0 spiro atoms. The molecule has 0 unspecified atom stereocenters. The number of hydrogen-bond donors (Lipinski definition) is 1. The van der Waals surface area contributed by atoms with E-state index in [-0.39, 0.29) is 0 Å². The molecule has 2 rings (SSSR count). The third-order valence-corrected chi connectivity index (χ3v) is 3.11. The highest BCUT2D eigenvalue weighted by molar-refractivity contribution is 5.37. The molecule has 0 bridgehead atoms. The number of nitrogens with zero attached hydrogens (tertiary/aromatic N) is 1. The zero-order valence-electron chi connectivity index (χ0n) is 12.2. The molecule has 3 nitrogen and oxygen atoms in total. The summed E-state index contributed by atoms with van der Waals surface area (Å²) in [5.41, 5.74) is 2.35. The number of ether oxygens (including phenoxy) is 1. The number of rotatable bonds is 7. The van der Waals surface area contributed by atoms with Crippen LogP contribution in [0.4, 0.5) is 0 Å². The minimum Gasteiger partial charge on any atom is -0.455 e. The van der Waals surface area contributed by atoms with Gasteiger partial charge in [0.15, 0.2) is 0 Å². The first-order valence-corrected chi connectivity index (χ1v) is 7.24. The summed E-state index contributed by atoms with van der Waals surface area (Å²) in [5.74, 6) is 1.71. The minimum atomic E-state index is 0.793. The molecule has 2 aromatic rings. The van der Waals surface area contributed by atoms with E-state index in [1.807, 2.05) is 30.5 Å². The van der Waals surface area contributed by atoms with E-state index < -0.39 is 0 Å². The third-order valence-electron chi connectivity index (χ3n) is 3.11. The summed E-state index contributed by atoms with van der Waals surface area (Å²) < 4.78 is 5.96. The van der Waals surface area contributed by atoms with Gasteiger partial charge in [-0.3, -0.25) is 4.98 Å². The van der Waals surface area contributed by atoms with Gasteiger partial charge >= 0.3 is 0 Å². The molecule has 1 aromatic heterocycles. The lowest BCUT2D eigenvalue weighted by Crippen LogP contribution is -2.13. The Kier molecular flexibility index (Phi) is 5.56. The van der Waals surface area contributed by atoms with E-state index in [9.17, 15) is 0 Å². The van der Waals surface area contributed by atoms with Gasteiger partial charge in [-0.1, -0.05) is 32.0 Å². The second-order valence-electron chi connectivity index (χ2n) is 4.77. The van der Waals surface area contributed by atoms with Crippen LogP contribution in [0.15, 0.2) is 42.7 Å². The monoisotopic (exact) mass is 270 g/mol. The van der Waals surface area contributed by atoms with E-state index in [0.717, 1.165) is 43.0 Å². The summed E-state index contributed by atoms with van der Waals surface area (Å²) in [7, 11) is 0. The highest BCUT2D eigenvalue weighted by Crippen LogP contribution is 2.25. The summed E-state index contributed by atoms with van der Waals surface area (Å²) in [6, 6.07) is 10.2. The van der Waals surface area contributed by atoms with Crippen molar-refractivity contribution in [1.82, 2.24) is 10.3 Å². The number of aryl methyl sites for hydroxylation is 1. The number of hydrogen-bond acceptors (Lipinski definition) is 3. The highest BCUT2D eigenvalue weighted by Gasteiger charge is 2.03. The standard InChI is InChI=1S/C17H22N2O/c1-3-9-18-11-14-10-16(13-19-12-14)20-17-8-6-5-7-15(17)4-2/h5-8,10,12-13,18H,3-4,9,11H2,1-2H3. The van der Waals surface area contributed by atoms with Crippen LogP contribution in [-0.2, 0) is 13.0 Å². The van der Waals surface area contributed by atoms with Crippen molar-refractivity contribution in [3.05, 3.63) is 53.9 Å².